The monoisotopic (exact) mass is 225 g/mol. The number of methoxy groups -OCH3 is 3. The average Bonchev–Trinajstić information content (AvgIpc) is 2.35. The third-order valence-electron chi connectivity index (χ3n) is 2.22. The van der Waals surface area contributed by atoms with Gasteiger partial charge in [-0.3, -0.25) is 0 Å². The Labute approximate surface area is 94.1 Å². The molecule has 5 heteroatoms. The molecular formula is C11H15NO4. The standard InChI is InChI=1S/C11H15NO4/c1-14-9-4-7(8(12)6-13)5-10(15-2)11(9)16-3/h4-6,8H,12H2,1-3H3. The molecule has 1 rings (SSSR count). The molecule has 0 spiro atoms. The van der Waals surface area contributed by atoms with E-state index >= 15 is 0 Å². The van der Waals surface area contributed by atoms with Gasteiger partial charge in [0.2, 0.25) is 5.75 Å². The van der Waals surface area contributed by atoms with Crippen molar-refractivity contribution in [2.24, 2.45) is 5.73 Å². The Kier molecular flexibility index (Phi) is 4.13. The van der Waals surface area contributed by atoms with Crippen molar-refractivity contribution < 1.29 is 19.0 Å². The lowest BCUT2D eigenvalue weighted by Gasteiger charge is -2.15. The highest BCUT2D eigenvalue weighted by Gasteiger charge is 2.15. The van der Waals surface area contributed by atoms with Crippen LogP contribution in [0.1, 0.15) is 11.6 Å². The van der Waals surface area contributed by atoms with Crippen molar-refractivity contribution in [3.05, 3.63) is 17.7 Å². The van der Waals surface area contributed by atoms with Gasteiger partial charge in [0, 0.05) is 0 Å². The van der Waals surface area contributed by atoms with E-state index in [1.807, 2.05) is 0 Å². The highest BCUT2D eigenvalue weighted by Crippen LogP contribution is 2.39. The first kappa shape index (κ1) is 12.3. The van der Waals surface area contributed by atoms with Crippen LogP contribution in [0, 0.1) is 0 Å². The topological polar surface area (TPSA) is 70.8 Å². The predicted molar refractivity (Wildman–Crippen MR) is 59.1 cm³/mol. The number of aldehydes is 1. The van der Waals surface area contributed by atoms with Crippen LogP contribution >= 0.6 is 0 Å². The van der Waals surface area contributed by atoms with Gasteiger partial charge in [-0.2, -0.15) is 0 Å². The van der Waals surface area contributed by atoms with Gasteiger partial charge in [0.25, 0.3) is 0 Å². The second kappa shape index (κ2) is 5.37. The molecule has 0 saturated carbocycles. The summed E-state index contributed by atoms with van der Waals surface area (Å²) in [5, 5.41) is 0. The van der Waals surface area contributed by atoms with Crippen molar-refractivity contribution in [1.82, 2.24) is 0 Å². The van der Waals surface area contributed by atoms with E-state index < -0.39 is 6.04 Å². The summed E-state index contributed by atoms with van der Waals surface area (Å²) in [4.78, 5) is 10.6. The molecule has 0 fully saturated rings. The highest BCUT2D eigenvalue weighted by atomic mass is 16.5. The van der Waals surface area contributed by atoms with Gasteiger partial charge in [-0.25, -0.2) is 0 Å². The number of carbonyl (C=O) groups is 1. The summed E-state index contributed by atoms with van der Waals surface area (Å²) in [5.41, 5.74) is 6.23. The van der Waals surface area contributed by atoms with E-state index in [2.05, 4.69) is 0 Å². The van der Waals surface area contributed by atoms with Crippen molar-refractivity contribution in [2.75, 3.05) is 21.3 Å². The zero-order valence-electron chi connectivity index (χ0n) is 9.52. The van der Waals surface area contributed by atoms with E-state index in [1.54, 1.807) is 12.1 Å². The summed E-state index contributed by atoms with van der Waals surface area (Å²) in [6.45, 7) is 0. The molecule has 1 aromatic carbocycles. The van der Waals surface area contributed by atoms with Crippen LogP contribution < -0.4 is 19.9 Å². The first-order valence-corrected chi connectivity index (χ1v) is 4.68. The Morgan fingerprint density at radius 3 is 1.94 bits per heavy atom. The smallest absolute Gasteiger partial charge is 0.203 e. The molecule has 1 atom stereocenters. The van der Waals surface area contributed by atoms with Crippen molar-refractivity contribution in [1.29, 1.82) is 0 Å². The van der Waals surface area contributed by atoms with Gasteiger partial charge in [0.1, 0.15) is 6.29 Å². The van der Waals surface area contributed by atoms with Gasteiger partial charge in [-0.15, -0.1) is 0 Å². The zero-order valence-corrected chi connectivity index (χ0v) is 9.52. The number of carbonyl (C=O) groups excluding carboxylic acids is 1. The second-order valence-corrected chi connectivity index (χ2v) is 3.12. The lowest BCUT2D eigenvalue weighted by molar-refractivity contribution is -0.109. The number of ether oxygens (including phenoxy) is 3. The van der Waals surface area contributed by atoms with Crippen molar-refractivity contribution >= 4 is 6.29 Å². The second-order valence-electron chi connectivity index (χ2n) is 3.12. The molecule has 0 aliphatic heterocycles. The van der Waals surface area contributed by atoms with E-state index in [0.29, 0.717) is 29.1 Å². The van der Waals surface area contributed by atoms with Crippen LogP contribution in [0.15, 0.2) is 12.1 Å². The van der Waals surface area contributed by atoms with Gasteiger partial charge >= 0.3 is 0 Å². The van der Waals surface area contributed by atoms with Gasteiger partial charge in [0.05, 0.1) is 27.4 Å². The zero-order chi connectivity index (χ0) is 12.1. The minimum absolute atomic E-state index is 0.479. The molecule has 0 saturated heterocycles. The lowest BCUT2D eigenvalue weighted by Crippen LogP contribution is -2.11. The van der Waals surface area contributed by atoms with Gasteiger partial charge < -0.3 is 24.7 Å². The Hall–Kier alpha value is -1.75. The number of hydrogen-bond acceptors (Lipinski definition) is 5. The van der Waals surface area contributed by atoms with Crippen molar-refractivity contribution in [2.45, 2.75) is 6.04 Å². The fourth-order valence-corrected chi connectivity index (χ4v) is 1.37. The molecule has 0 bridgehead atoms. The number of rotatable bonds is 5. The van der Waals surface area contributed by atoms with Gasteiger partial charge in [-0.1, -0.05) is 0 Å². The molecule has 0 aromatic heterocycles. The number of hydrogen-bond donors (Lipinski definition) is 1. The molecule has 0 heterocycles. The number of benzene rings is 1. The first-order valence-electron chi connectivity index (χ1n) is 4.68. The van der Waals surface area contributed by atoms with Crippen LogP contribution in [-0.2, 0) is 4.79 Å². The summed E-state index contributed by atoms with van der Waals surface area (Å²) in [6, 6.07) is 2.61. The normalized spacial score (nSPS) is 11.8. The van der Waals surface area contributed by atoms with Crippen LogP contribution in [0.2, 0.25) is 0 Å². The Morgan fingerprint density at radius 1 is 1.12 bits per heavy atom. The Balaban J connectivity index is 3.30. The predicted octanol–water partition coefficient (Wildman–Crippen LogP) is 0.911. The molecule has 0 aliphatic rings. The lowest BCUT2D eigenvalue weighted by atomic mass is 10.1. The maximum atomic E-state index is 10.6. The summed E-state index contributed by atoms with van der Waals surface area (Å²) >= 11 is 0. The van der Waals surface area contributed by atoms with Crippen molar-refractivity contribution in [3.8, 4) is 17.2 Å². The van der Waals surface area contributed by atoms with E-state index in [1.165, 1.54) is 21.3 Å². The Morgan fingerprint density at radius 2 is 1.62 bits per heavy atom. The van der Waals surface area contributed by atoms with E-state index in [-0.39, 0.29) is 0 Å². The van der Waals surface area contributed by atoms with Crippen LogP contribution in [0.4, 0.5) is 0 Å². The largest absolute Gasteiger partial charge is 0.493 e. The highest BCUT2D eigenvalue weighted by molar-refractivity contribution is 5.64. The molecule has 1 unspecified atom stereocenters. The Bertz CT molecular complexity index is 353. The molecule has 0 radical (unpaired) electrons. The van der Waals surface area contributed by atoms with Crippen LogP contribution in [0.5, 0.6) is 17.2 Å². The SMILES string of the molecule is COc1cc(C(N)C=O)cc(OC)c1OC. The van der Waals surface area contributed by atoms with E-state index in [4.69, 9.17) is 19.9 Å². The van der Waals surface area contributed by atoms with Crippen LogP contribution in [0.25, 0.3) is 0 Å². The van der Waals surface area contributed by atoms with Gasteiger partial charge in [0.15, 0.2) is 11.5 Å². The van der Waals surface area contributed by atoms with E-state index in [0.717, 1.165) is 0 Å². The van der Waals surface area contributed by atoms with E-state index in [9.17, 15) is 4.79 Å². The van der Waals surface area contributed by atoms with Crippen LogP contribution in [0.3, 0.4) is 0 Å². The van der Waals surface area contributed by atoms with Crippen molar-refractivity contribution in [3.63, 3.8) is 0 Å². The summed E-state index contributed by atoms with van der Waals surface area (Å²) < 4.78 is 15.4. The summed E-state index contributed by atoms with van der Waals surface area (Å²) in [6.07, 6.45) is 0.653. The molecule has 88 valence electrons. The average molecular weight is 225 g/mol. The molecular weight excluding hydrogens is 210 g/mol. The maximum absolute atomic E-state index is 10.6. The molecule has 16 heavy (non-hydrogen) atoms. The fraction of sp³-hybridized carbons (Fsp3) is 0.364. The van der Waals surface area contributed by atoms with Gasteiger partial charge in [-0.05, 0) is 17.7 Å². The minimum Gasteiger partial charge on any atom is -0.493 e. The third-order valence-corrected chi connectivity index (χ3v) is 2.22. The first-order chi connectivity index (χ1) is 7.67. The molecule has 0 amide bonds. The molecule has 1 aromatic rings. The molecule has 2 N–H and O–H groups in total. The van der Waals surface area contributed by atoms with Crippen LogP contribution in [-0.4, -0.2) is 27.6 Å². The third kappa shape index (κ3) is 2.25. The maximum Gasteiger partial charge on any atom is 0.203 e. The quantitative estimate of drug-likeness (QED) is 0.754. The minimum atomic E-state index is -0.700. The number of nitrogens with two attached hydrogens (primary N) is 1. The molecule has 5 nitrogen and oxygen atoms in total. The summed E-state index contributed by atoms with van der Waals surface area (Å²) in [5.74, 6) is 1.44. The summed E-state index contributed by atoms with van der Waals surface area (Å²) in [7, 11) is 4.53. The fourth-order valence-electron chi connectivity index (χ4n) is 1.37. The molecule has 0 aliphatic carbocycles.